The summed E-state index contributed by atoms with van der Waals surface area (Å²) in [5.41, 5.74) is 3.92. The molecule has 18 heavy (non-hydrogen) atoms. The number of hydrogen-bond acceptors (Lipinski definition) is 1. The number of ether oxygens (including phenoxy) is 1. The van der Waals surface area contributed by atoms with Crippen molar-refractivity contribution < 1.29 is 4.74 Å². The minimum atomic E-state index is 0.199. The first-order valence-electron chi connectivity index (χ1n) is 6.17. The zero-order valence-corrected chi connectivity index (χ0v) is 11.4. The van der Waals surface area contributed by atoms with Crippen LogP contribution in [0.15, 0.2) is 42.5 Å². The maximum atomic E-state index is 5.11. The van der Waals surface area contributed by atoms with Gasteiger partial charge in [0, 0.05) is 6.07 Å². The average molecular weight is 239 g/mol. The lowest BCUT2D eigenvalue weighted by atomic mass is 9.86. The summed E-state index contributed by atoms with van der Waals surface area (Å²) in [6.07, 6.45) is 0. The van der Waals surface area contributed by atoms with Gasteiger partial charge in [-0.25, -0.2) is 0 Å². The fraction of sp³-hybridized carbons (Fsp3) is 0.294. The molecule has 0 saturated carbocycles. The quantitative estimate of drug-likeness (QED) is 0.751. The van der Waals surface area contributed by atoms with E-state index in [1.165, 1.54) is 11.1 Å². The van der Waals surface area contributed by atoms with E-state index in [2.05, 4.69) is 57.2 Å². The third-order valence-electron chi connectivity index (χ3n) is 3.09. The Morgan fingerprint density at radius 3 is 1.94 bits per heavy atom. The van der Waals surface area contributed by atoms with Crippen LogP contribution >= 0.6 is 0 Å². The molecular formula is C17H19O. The predicted molar refractivity (Wildman–Crippen MR) is 76.0 cm³/mol. The molecule has 1 heteroatoms. The Balaban J connectivity index is 2.28. The lowest BCUT2D eigenvalue weighted by Crippen LogP contribution is -2.10. The molecule has 93 valence electrons. The maximum Gasteiger partial charge on any atom is 0.126 e. The molecule has 0 spiro atoms. The molecule has 0 saturated heterocycles. The molecule has 0 aliphatic carbocycles. The third kappa shape index (κ3) is 2.73. The van der Waals surface area contributed by atoms with E-state index < -0.39 is 0 Å². The number of rotatable bonds is 2. The van der Waals surface area contributed by atoms with Gasteiger partial charge in [0.25, 0.3) is 0 Å². The first kappa shape index (κ1) is 12.7. The zero-order valence-electron chi connectivity index (χ0n) is 11.4. The summed E-state index contributed by atoms with van der Waals surface area (Å²) in [4.78, 5) is 0. The Bertz CT molecular complexity index is 501. The van der Waals surface area contributed by atoms with Gasteiger partial charge in [-0.2, -0.15) is 0 Å². The first-order chi connectivity index (χ1) is 8.50. The monoisotopic (exact) mass is 239 g/mol. The van der Waals surface area contributed by atoms with Crippen molar-refractivity contribution in [3.63, 3.8) is 0 Å². The SMILES string of the molecule is COc1[c]cc(-c2ccc(C(C)(C)C)cc2)cc1. The molecule has 0 atom stereocenters. The summed E-state index contributed by atoms with van der Waals surface area (Å²) >= 11 is 0. The van der Waals surface area contributed by atoms with E-state index >= 15 is 0 Å². The van der Waals surface area contributed by atoms with Gasteiger partial charge in [-0.1, -0.05) is 51.1 Å². The molecule has 0 unspecified atom stereocenters. The molecule has 2 aromatic carbocycles. The smallest absolute Gasteiger partial charge is 0.126 e. The highest BCUT2D eigenvalue weighted by molar-refractivity contribution is 5.64. The Kier molecular flexibility index (Phi) is 3.42. The van der Waals surface area contributed by atoms with E-state index in [1.807, 2.05) is 12.1 Å². The lowest BCUT2D eigenvalue weighted by molar-refractivity contribution is 0.414. The van der Waals surface area contributed by atoms with Gasteiger partial charge in [-0.3, -0.25) is 0 Å². The standard InChI is InChI=1S/C17H19O/c1-17(2,3)15-9-5-13(6-10-15)14-7-11-16(18-4)12-8-14/h5-11H,1-4H3. The van der Waals surface area contributed by atoms with Gasteiger partial charge in [0.05, 0.1) is 7.11 Å². The average Bonchev–Trinajstić information content (AvgIpc) is 2.38. The molecule has 1 radical (unpaired) electrons. The molecule has 0 heterocycles. The van der Waals surface area contributed by atoms with Crippen LogP contribution in [0, 0.1) is 6.07 Å². The summed E-state index contributed by atoms with van der Waals surface area (Å²) in [5.74, 6) is 0.769. The van der Waals surface area contributed by atoms with Gasteiger partial charge in [0.2, 0.25) is 0 Å². The van der Waals surface area contributed by atoms with Crippen LogP contribution in [0.4, 0.5) is 0 Å². The van der Waals surface area contributed by atoms with Crippen molar-refractivity contribution >= 4 is 0 Å². The fourth-order valence-electron chi connectivity index (χ4n) is 1.88. The largest absolute Gasteiger partial charge is 0.496 e. The Hall–Kier alpha value is -1.76. The highest BCUT2D eigenvalue weighted by Gasteiger charge is 2.12. The molecule has 0 fully saturated rings. The number of benzene rings is 2. The zero-order chi connectivity index (χ0) is 13.2. The number of hydrogen-bond donors (Lipinski definition) is 0. The molecule has 2 rings (SSSR count). The topological polar surface area (TPSA) is 9.23 Å². The van der Waals surface area contributed by atoms with E-state index in [0.29, 0.717) is 0 Å². The van der Waals surface area contributed by atoms with Gasteiger partial charge in [-0.05, 0) is 34.2 Å². The second-order valence-electron chi connectivity index (χ2n) is 5.47. The van der Waals surface area contributed by atoms with Crippen LogP contribution in [0.25, 0.3) is 11.1 Å². The second-order valence-corrected chi connectivity index (χ2v) is 5.47. The Morgan fingerprint density at radius 2 is 1.50 bits per heavy atom. The minimum Gasteiger partial charge on any atom is -0.496 e. The van der Waals surface area contributed by atoms with E-state index in [0.717, 1.165) is 11.3 Å². The lowest BCUT2D eigenvalue weighted by Gasteiger charge is -2.19. The van der Waals surface area contributed by atoms with Gasteiger partial charge in [0.1, 0.15) is 5.75 Å². The summed E-state index contributed by atoms with van der Waals surface area (Å²) < 4.78 is 5.11. The van der Waals surface area contributed by atoms with E-state index in [1.54, 1.807) is 7.11 Å². The summed E-state index contributed by atoms with van der Waals surface area (Å²) in [6.45, 7) is 6.68. The summed E-state index contributed by atoms with van der Waals surface area (Å²) in [5, 5.41) is 0. The van der Waals surface area contributed by atoms with Gasteiger partial charge in [-0.15, -0.1) is 0 Å². The third-order valence-corrected chi connectivity index (χ3v) is 3.09. The Morgan fingerprint density at radius 1 is 0.889 bits per heavy atom. The molecule has 0 amide bonds. The van der Waals surface area contributed by atoms with Gasteiger partial charge in [0.15, 0.2) is 0 Å². The van der Waals surface area contributed by atoms with E-state index in [4.69, 9.17) is 4.74 Å². The molecule has 1 nitrogen and oxygen atoms in total. The molecule has 0 aliphatic heterocycles. The second kappa shape index (κ2) is 4.85. The molecular weight excluding hydrogens is 220 g/mol. The van der Waals surface area contributed by atoms with Crippen molar-refractivity contribution in [1.82, 2.24) is 0 Å². The Labute approximate surface area is 109 Å². The summed E-state index contributed by atoms with van der Waals surface area (Å²) in [6, 6.07) is 17.8. The molecule has 0 aromatic heterocycles. The number of methoxy groups -OCH3 is 1. The van der Waals surface area contributed by atoms with Crippen LogP contribution in [0.1, 0.15) is 26.3 Å². The van der Waals surface area contributed by atoms with Crippen molar-refractivity contribution in [2.75, 3.05) is 7.11 Å². The van der Waals surface area contributed by atoms with Crippen LogP contribution in [0.5, 0.6) is 5.75 Å². The predicted octanol–water partition coefficient (Wildman–Crippen LogP) is 4.46. The fourth-order valence-corrected chi connectivity index (χ4v) is 1.88. The van der Waals surface area contributed by atoms with Gasteiger partial charge >= 0.3 is 0 Å². The van der Waals surface area contributed by atoms with E-state index in [9.17, 15) is 0 Å². The van der Waals surface area contributed by atoms with Gasteiger partial charge < -0.3 is 4.74 Å². The van der Waals surface area contributed by atoms with Crippen LogP contribution < -0.4 is 4.74 Å². The van der Waals surface area contributed by atoms with Crippen molar-refractivity contribution in [3.05, 3.63) is 54.1 Å². The van der Waals surface area contributed by atoms with E-state index in [-0.39, 0.29) is 5.41 Å². The normalized spacial score (nSPS) is 11.3. The minimum absolute atomic E-state index is 0.199. The molecule has 2 aromatic rings. The van der Waals surface area contributed by atoms with Crippen LogP contribution in [0.3, 0.4) is 0 Å². The van der Waals surface area contributed by atoms with Crippen LogP contribution in [-0.4, -0.2) is 7.11 Å². The van der Waals surface area contributed by atoms with Crippen LogP contribution in [-0.2, 0) is 5.41 Å². The maximum absolute atomic E-state index is 5.11. The molecule has 0 N–H and O–H groups in total. The van der Waals surface area contributed by atoms with Crippen LogP contribution in [0.2, 0.25) is 0 Å². The first-order valence-corrected chi connectivity index (χ1v) is 6.17. The van der Waals surface area contributed by atoms with Crippen molar-refractivity contribution in [3.8, 4) is 16.9 Å². The highest BCUT2D eigenvalue weighted by Crippen LogP contribution is 2.26. The molecule has 0 bridgehead atoms. The highest BCUT2D eigenvalue weighted by atomic mass is 16.5. The van der Waals surface area contributed by atoms with Crippen molar-refractivity contribution in [2.24, 2.45) is 0 Å². The molecule has 0 aliphatic rings. The van der Waals surface area contributed by atoms with Crippen molar-refractivity contribution in [1.29, 1.82) is 0 Å². The van der Waals surface area contributed by atoms with Crippen molar-refractivity contribution in [2.45, 2.75) is 26.2 Å². The summed E-state index contributed by atoms with van der Waals surface area (Å²) in [7, 11) is 1.66.